The average Bonchev–Trinajstić information content (AvgIpc) is 2.48. The second-order valence-electron chi connectivity index (χ2n) is 5.27. The van der Waals surface area contributed by atoms with Gasteiger partial charge in [0.05, 0.1) is 0 Å². The molecule has 0 bridgehead atoms. The summed E-state index contributed by atoms with van der Waals surface area (Å²) in [5.41, 5.74) is -0.0627. The molecule has 0 saturated heterocycles. The second-order valence-corrected chi connectivity index (χ2v) is 5.27. The quantitative estimate of drug-likeness (QED) is 0.468. The van der Waals surface area contributed by atoms with Gasteiger partial charge in [-0.25, -0.2) is 0 Å². The van der Waals surface area contributed by atoms with Gasteiger partial charge < -0.3 is 4.74 Å². The molecule has 0 spiro atoms. The molecule has 0 heterocycles. The second kappa shape index (κ2) is 6.51. The molecule has 2 rings (SSSR count). The van der Waals surface area contributed by atoms with Crippen molar-refractivity contribution in [1.29, 1.82) is 0 Å². The van der Waals surface area contributed by atoms with E-state index in [2.05, 4.69) is 6.58 Å². The lowest BCUT2D eigenvalue weighted by Crippen LogP contribution is -2.42. The van der Waals surface area contributed by atoms with E-state index in [0.717, 1.165) is 18.4 Å². The van der Waals surface area contributed by atoms with Gasteiger partial charge in [-0.05, 0) is 24.8 Å². The van der Waals surface area contributed by atoms with E-state index >= 15 is 0 Å². The molecule has 0 aliphatic heterocycles. The molecule has 0 aromatic heterocycles. The maximum absolute atomic E-state index is 12.4. The summed E-state index contributed by atoms with van der Waals surface area (Å²) in [6.07, 6.45) is 4.82. The number of esters is 1. The minimum Gasteiger partial charge on any atom is -0.460 e. The van der Waals surface area contributed by atoms with E-state index < -0.39 is 11.4 Å². The van der Waals surface area contributed by atoms with Crippen LogP contribution in [0.1, 0.15) is 37.7 Å². The highest BCUT2D eigenvalue weighted by Crippen LogP contribution is 2.38. The van der Waals surface area contributed by atoms with E-state index in [-0.39, 0.29) is 12.4 Å². The summed E-state index contributed by atoms with van der Waals surface area (Å²) in [7, 11) is 0. The van der Waals surface area contributed by atoms with Gasteiger partial charge in [-0.1, -0.05) is 42.8 Å². The molecule has 3 nitrogen and oxygen atoms in total. The third-order valence-corrected chi connectivity index (χ3v) is 3.89. The molecule has 1 atom stereocenters. The van der Waals surface area contributed by atoms with Crippen molar-refractivity contribution in [2.24, 2.45) is 5.41 Å². The Bertz CT molecular complexity index is 492. The minimum atomic E-state index is -0.991. The van der Waals surface area contributed by atoms with Gasteiger partial charge in [0, 0.05) is 6.42 Å². The predicted molar refractivity (Wildman–Crippen MR) is 77.0 cm³/mol. The van der Waals surface area contributed by atoms with Crippen molar-refractivity contribution in [3.05, 3.63) is 48.6 Å². The normalized spacial score (nSPS) is 22.3. The summed E-state index contributed by atoms with van der Waals surface area (Å²) < 4.78 is 5.39. The van der Waals surface area contributed by atoms with Crippen molar-refractivity contribution in [3.63, 3.8) is 0 Å². The van der Waals surface area contributed by atoms with Crippen LogP contribution in [0.5, 0.6) is 0 Å². The van der Waals surface area contributed by atoms with Crippen LogP contribution in [0.4, 0.5) is 0 Å². The molecule has 20 heavy (non-hydrogen) atoms. The fourth-order valence-electron chi connectivity index (χ4n) is 2.71. The zero-order valence-electron chi connectivity index (χ0n) is 11.6. The summed E-state index contributed by atoms with van der Waals surface area (Å²) in [5, 5.41) is 0. The predicted octanol–water partition coefficient (Wildman–Crippen LogP) is 3.44. The Morgan fingerprint density at radius 1 is 1.30 bits per heavy atom. The lowest BCUT2D eigenvalue weighted by atomic mass is 9.71. The maximum atomic E-state index is 12.4. The molecule has 1 saturated carbocycles. The largest absolute Gasteiger partial charge is 0.460 e. The van der Waals surface area contributed by atoms with Gasteiger partial charge in [-0.3, -0.25) is 9.59 Å². The number of Topliss-reactive ketones (excluding diaryl/α,β-unsaturated/α-hetero) is 1. The van der Waals surface area contributed by atoms with Crippen LogP contribution in [0.15, 0.2) is 43.0 Å². The molecule has 106 valence electrons. The first-order chi connectivity index (χ1) is 9.69. The fourth-order valence-corrected chi connectivity index (χ4v) is 2.71. The van der Waals surface area contributed by atoms with Crippen molar-refractivity contribution < 1.29 is 14.3 Å². The van der Waals surface area contributed by atoms with Gasteiger partial charge in [-0.2, -0.15) is 0 Å². The van der Waals surface area contributed by atoms with Gasteiger partial charge in [0.25, 0.3) is 0 Å². The minimum absolute atomic E-state index is 0.00158. The van der Waals surface area contributed by atoms with Crippen molar-refractivity contribution in [2.75, 3.05) is 0 Å². The molecule has 1 aromatic rings. The van der Waals surface area contributed by atoms with E-state index in [1.54, 1.807) is 6.08 Å². The molecule has 1 aromatic carbocycles. The van der Waals surface area contributed by atoms with Crippen LogP contribution < -0.4 is 0 Å². The Hall–Kier alpha value is -1.90. The molecule has 3 heteroatoms. The topological polar surface area (TPSA) is 43.4 Å². The number of ether oxygens (including phenoxy) is 1. The van der Waals surface area contributed by atoms with E-state index in [4.69, 9.17) is 4.74 Å². The third kappa shape index (κ3) is 2.98. The van der Waals surface area contributed by atoms with E-state index in [1.807, 2.05) is 30.3 Å². The first kappa shape index (κ1) is 14.5. The van der Waals surface area contributed by atoms with Crippen LogP contribution in [-0.2, 0) is 20.9 Å². The average molecular weight is 272 g/mol. The van der Waals surface area contributed by atoms with Crippen LogP contribution >= 0.6 is 0 Å². The highest BCUT2D eigenvalue weighted by Gasteiger charge is 2.46. The number of benzene rings is 1. The maximum Gasteiger partial charge on any atom is 0.320 e. The van der Waals surface area contributed by atoms with Crippen LogP contribution in [0, 0.1) is 5.41 Å². The van der Waals surface area contributed by atoms with Crippen molar-refractivity contribution in [3.8, 4) is 0 Å². The van der Waals surface area contributed by atoms with E-state index in [0.29, 0.717) is 19.3 Å². The van der Waals surface area contributed by atoms with Gasteiger partial charge in [0.2, 0.25) is 0 Å². The lowest BCUT2D eigenvalue weighted by Gasteiger charge is -2.32. The number of rotatable bonds is 5. The van der Waals surface area contributed by atoms with Gasteiger partial charge in [0.15, 0.2) is 0 Å². The number of hydrogen-bond acceptors (Lipinski definition) is 3. The van der Waals surface area contributed by atoms with E-state index in [9.17, 15) is 9.59 Å². The summed E-state index contributed by atoms with van der Waals surface area (Å²) in [6, 6.07) is 9.50. The molecule has 1 unspecified atom stereocenters. The number of allylic oxidation sites excluding steroid dienone is 1. The standard InChI is InChI=1S/C17H20O3/c1-2-11-17(12-7-6-10-15(17)18)16(19)20-13-14-8-4-3-5-9-14/h2-5,8-9H,1,6-7,10-13H2. The van der Waals surface area contributed by atoms with E-state index in [1.165, 1.54) is 0 Å². The first-order valence-electron chi connectivity index (χ1n) is 7.04. The molecule has 1 fully saturated rings. The van der Waals surface area contributed by atoms with Crippen LogP contribution in [0.25, 0.3) is 0 Å². The number of ketones is 1. The number of carbonyl (C=O) groups excluding carboxylic acids is 2. The van der Waals surface area contributed by atoms with Gasteiger partial charge in [0.1, 0.15) is 17.8 Å². The molecule has 1 aliphatic carbocycles. The highest BCUT2D eigenvalue weighted by molar-refractivity contribution is 6.04. The third-order valence-electron chi connectivity index (χ3n) is 3.89. The van der Waals surface area contributed by atoms with Crippen LogP contribution in [0.3, 0.4) is 0 Å². The molecular formula is C17H20O3. The highest BCUT2D eigenvalue weighted by atomic mass is 16.5. The Morgan fingerprint density at radius 2 is 2.05 bits per heavy atom. The van der Waals surface area contributed by atoms with Crippen molar-refractivity contribution >= 4 is 11.8 Å². The van der Waals surface area contributed by atoms with Crippen molar-refractivity contribution in [2.45, 2.75) is 38.7 Å². The van der Waals surface area contributed by atoms with Crippen LogP contribution in [-0.4, -0.2) is 11.8 Å². The van der Waals surface area contributed by atoms with Crippen LogP contribution in [0.2, 0.25) is 0 Å². The fraction of sp³-hybridized carbons (Fsp3) is 0.412. The monoisotopic (exact) mass is 272 g/mol. The smallest absolute Gasteiger partial charge is 0.320 e. The van der Waals surface area contributed by atoms with Crippen molar-refractivity contribution in [1.82, 2.24) is 0 Å². The summed E-state index contributed by atoms with van der Waals surface area (Å²) in [5.74, 6) is -0.396. The zero-order chi connectivity index (χ0) is 14.4. The number of hydrogen-bond donors (Lipinski definition) is 0. The Morgan fingerprint density at radius 3 is 2.70 bits per heavy atom. The summed E-state index contributed by atoms with van der Waals surface area (Å²) in [6.45, 7) is 3.89. The van der Waals surface area contributed by atoms with Gasteiger partial charge in [-0.15, -0.1) is 6.58 Å². The summed E-state index contributed by atoms with van der Waals surface area (Å²) in [4.78, 5) is 24.6. The van der Waals surface area contributed by atoms with Gasteiger partial charge >= 0.3 is 5.97 Å². The zero-order valence-corrected chi connectivity index (χ0v) is 11.6. The first-order valence-corrected chi connectivity index (χ1v) is 7.04. The Labute approximate surface area is 119 Å². The Kier molecular flexibility index (Phi) is 4.72. The molecular weight excluding hydrogens is 252 g/mol. The lowest BCUT2D eigenvalue weighted by molar-refractivity contribution is -0.163. The molecule has 0 radical (unpaired) electrons. The summed E-state index contributed by atoms with van der Waals surface area (Å²) >= 11 is 0. The molecule has 1 aliphatic rings. The SMILES string of the molecule is C=CCC1(C(=O)OCc2ccccc2)CCCCC1=O. The molecule has 0 amide bonds. The Balaban J connectivity index is 2.07. The number of carbonyl (C=O) groups is 2. The molecule has 0 N–H and O–H groups in total.